The molecule has 0 atom stereocenters. The number of carbonyl (C=O) groups is 1. The second-order valence-corrected chi connectivity index (χ2v) is 2.01. The fraction of sp³-hybridized carbons (Fsp3) is 0.286. The minimum absolute atomic E-state index is 0.470. The van der Waals surface area contributed by atoms with Gasteiger partial charge in [0.15, 0.2) is 0 Å². The Morgan fingerprint density at radius 1 is 1.70 bits per heavy atom. The molecule has 54 valence electrons. The molecule has 0 aliphatic heterocycles. The zero-order valence-corrected chi connectivity index (χ0v) is 5.76. The normalized spacial score (nSPS) is 9.30. The van der Waals surface area contributed by atoms with Crippen LogP contribution in [0.5, 0.6) is 0 Å². The molecule has 0 saturated carbocycles. The van der Waals surface area contributed by atoms with E-state index in [4.69, 9.17) is 4.42 Å². The molecule has 0 spiro atoms. The first-order valence-corrected chi connectivity index (χ1v) is 3.05. The SMILES string of the molecule is Cc1ccc(CNC=O)o1. The number of hydrogen-bond donors (Lipinski definition) is 1. The van der Waals surface area contributed by atoms with Crippen LogP contribution in [-0.4, -0.2) is 6.41 Å². The zero-order chi connectivity index (χ0) is 7.40. The predicted octanol–water partition coefficient (Wildman–Crippen LogP) is 0.834. The average molecular weight is 139 g/mol. The molecular formula is C7H9NO2. The molecule has 1 aromatic heterocycles. The van der Waals surface area contributed by atoms with Gasteiger partial charge in [0, 0.05) is 0 Å². The largest absolute Gasteiger partial charge is 0.465 e. The fourth-order valence-electron chi connectivity index (χ4n) is 0.722. The van der Waals surface area contributed by atoms with Crippen LogP contribution in [0.2, 0.25) is 0 Å². The highest BCUT2D eigenvalue weighted by Gasteiger charge is 1.94. The van der Waals surface area contributed by atoms with Crippen LogP contribution in [0.1, 0.15) is 11.5 Å². The lowest BCUT2D eigenvalue weighted by molar-refractivity contribution is -0.109. The summed E-state index contributed by atoms with van der Waals surface area (Å²) in [7, 11) is 0. The highest BCUT2D eigenvalue weighted by Crippen LogP contribution is 2.04. The summed E-state index contributed by atoms with van der Waals surface area (Å²) in [6.45, 7) is 2.34. The summed E-state index contributed by atoms with van der Waals surface area (Å²) in [5.41, 5.74) is 0. The number of hydrogen-bond acceptors (Lipinski definition) is 2. The van der Waals surface area contributed by atoms with Crippen LogP contribution in [0.25, 0.3) is 0 Å². The van der Waals surface area contributed by atoms with E-state index in [2.05, 4.69) is 5.32 Å². The smallest absolute Gasteiger partial charge is 0.207 e. The van der Waals surface area contributed by atoms with Gasteiger partial charge in [-0.2, -0.15) is 0 Å². The molecule has 3 heteroatoms. The van der Waals surface area contributed by atoms with Gasteiger partial charge in [0.25, 0.3) is 0 Å². The molecule has 10 heavy (non-hydrogen) atoms. The number of aryl methyl sites for hydroxylation is 1. The Kier molecular flexibility index (Phi) is 2.10. The Morgan fingerprint density at radius 3 is 3.00 bits per heavy atom. The number of amides is 1. The molecule has 0 bridgehead atoms. The number of carbonyl (C=O) groups excluding carboxylic acids is 1. The van der Waals surface area contributed by atoms with E-state index in [1.165, 1.54) is 0 Å². The first kappa shape index (κ1) is 6.86. The number of nitrogens with one attached hydrogen (secondary N) is 1. The molecule has 1 rings (SSSR count). The minimum Gasteiger partial charge on any atom is -0.465 e. The van der Waals surface area contributed by atoms with Crippen molar-refractivity contribution in [3.63, 3.8) is 0 Å². The van der Waals surface area contributed by atoms with Gasteiger partial charge in [-0.3, -0.25) is 4.79 Å². The zero-order valence-electron chi connectivity index (χ0n) is 5.76. The molecule has 0 aliphatic rings. The van der Waals surface area contributed by atoms with Gasteiger partial charge in [-0.1, -0.05) is 0 Å². The molecule has 1 heterocycles. The van der Waals surface area contributed by atoms with E-state index in [0.717, 1.165) is 11.5 Å². The van der Waals surface area contributed by atoms with Crippen molar-refractivity contribution in [1.29, 1.82) is 0 Å². The fourth-order valence-corrected chi connectivity index (χ4v) is 0.722. The summed E-state index contributed by atoms with van der Waals surface area (Å²) in [6, 6.07) is 3.70. The lowest BCUT2D eigenvalue weighted by Crippen LogP contribution is -2.08. The second-order valence-electron chi connectivity index (χ2n) is 2.01. The molecule has 0 aliphatic carbocycles. The Labute approximate surface area is 59.0 Å². The molecule has 0 aromatic carbocycles. The first-order chi connectivity index (χ1) is 4.83. The highest BCUT2D eigenvalue weighted by atomic mass is 16.3. The molecule has 0 saturated heterocycles. The van der Waals surface area contributed by atoms with Crippen LogP contribution >= 0.6 is 0 Å². The summed E-state index contributed by atoms with van der Waals surface area (Å²) in [6.07, 6.45) is 0.651. The molecule has 0 unspecified atom stereocenters. The van der Waals surface area contributed by atoms with Crippen molar-refractivity contribution in [2.45, 2.75) is 13.5 Å². The Bertz CT molecular complexity index is 217. The van der Waals surface area contributed by atoms with E-state index in [-0.39, 0.29) is 0 Å². The first-order valence-electron chi connectivity index (χ1n) is 3.05. The van der Waals surface area contributed by atoms with Crippen LogP contribution in [0.3, 0.4) is 0 Å². The minimum atomic E-state index is 0.470. The van der Waals surface area contributed by atoms with Gasteiger partial charge in [-0.25, -0.2) is 0 Å². The number of rotatable bonds is 3. The van der Waals surface area contributed by atoms with Crippen LogP contribution in [0.4, 0.5) is 0 Å². The van der Waals surface area contributed by atoms with Gasteiger partial charge < -0.3 is 9.73 Å². The molecule has 1 N–H and O–H groups in total. The van der Waals surface area contributed by atoms with Crippen molar-refractivity contribution >= 4 is 6.41 Å². The van der Waals surface area contributed by atoms with Crippen molar-refractivity contribution in [2.24, 2.45) is 0 Å². The third-order valence-electron chi connectivity index (χ3n) is 1.16. The predicted molar refractivity (Wildman–Crippen MR) is 36.3 cm³/mol. The maximum absolute atomic E-state index is 9.83. The highest BCUT2D eigenvalue weighted by molar-refractivity contribution is 5.45. The molecule has 1 amide bonds. The second kappa shape index (κ2) is 3.06. The van der Waals surface area contributed by atoms with Crippen LogP contribution in [-0.2, 0) is 11.3 Å². The molecule has 0 radical (unpaired) electrons. The van der Waals surface area contributed by atoms with Crippen molar-refractivity contribution in [3.05, 3.63) is 23.7 Å². The van der Waals surface area contributed by atoms with Crippen molar-refractivity contribution in [3.8, 4) is 0 Å². The summed E-state index contributed by atoms with van der Waals surface area (Å²) in [5, 5.41) is 2.50. The van der Waals surface area contributed by atoms with Crippen LogP contribution in [0.15, 0.2) is 16.5 Å². The lowest BCUT2D eigenvalue weighted by Gasteiger charge is -1.91. The Hall–Kier alpha value is -1.25. The van der Waals surface area contributed by atoms with Crippen LogP contribution in [0, 0.1) is 6.92 Å². The summed E-state index contributed by atoms with van der Waals surface area (Å²) in [5.74, 6) is 1.65. The summed E-state index contributed by atoms with van der Waals surface area (Å²) >= 11 is 0. The van der Waals surface area contributed by atoms with E-state index in [9.17, 15) is 4.79 Å². The lowest BCUT2D eigenvalue weighted by atomic mass is 10.4. The maximum atomic E-state index is 9.83. The Balaban J connectivity index is 2.49. The van der Waals surface area contributed by atoms with E-state index in [0.29, 0.717) is 13.0 Å². The van der Waals surface area contributed by atoms with Crippen molar-refractivity contribution in [1.82, 2.24) is 5.32 Å². The number of furan rings is 1. The third-order valence-corrected chi connectivity index (χ3v) is 1.16. The van der Waals surface area contributed by atoms with Crippen molar-refractivity contribution < 1.29 is 9.21 Å². The van der Waals surface area contributed by atoms with E-state index in [1.54, 1.807) is 0 Å². The Morgan fingerprint density at radius 2 is 2.50 bits per heavy atom. The maximum Gasteiger partial charge on any atom is 0.207 e. The van der Waals surface area contributed by atoms with Gasteiger partial charge in [0.1, 0.15) is 11.5 Å². The molecular weight excluding hydrogens is 130 g/mol. The summed E-state index contributed by atoms with van der Waals surface area (Å²) in [4.78, 5) is 9.83. The molecule has 1 aromatic rings. The van der Waals surface area contributed by atoms with Gasteiger partial charge in [0.05, 0.1) is 6.54 Å². The van der Waals surface area contributed by atoms with E-state index >= 15 is 0 Å². The summed E-state index contributed by atoms with van der Waals surface area (Å²) < 4.78 is 5.16. The van der Waals surface area contributed by atoms with E-state index in [1.807, 2.05) is 19.1 Å². The van der Waals surface area contributed by atoms with E-state index < -0.39 is 0 Å². The van der Waals surface area contributed by atoms with Gasteiger partial charge in [0.2, 0.25) is 6.41 Å². The standard InChI is InChI=1S/C7H9NO2/c1-6-2-3-7(10-6)4-8-5-9/h2-3,5H,4H2,1H3,(H,8,9). The quantitative estimate of drug-likeness (QED) is 0.630. The third kappa shape index (κ3) is 1.62. The monoisotopic (exact) mass is 139 g/mol. The topological polar surface area (TPSA) is 42.2 Å². The molecule has 0 fully saturated rings. The van der Waals surface area contributed by atoms with Crippen molar-refractivity contribution in [2.75, 3.05) is 0 Å². The van der Waals surface area contributed by atoms with Crippen LogP contribution < -0.4 is 5.32 Å². The van der Waals surface area contributed by atoms with Gasteiger partial charge in [-0.05, 0) is 19.1 Å². The van der Waals surface area contributed by atoms with Gasteiger partial charge >= 0.3 is 0 Å². The molecule has 3 nitrogen and oxygen atoms in total. The van der Waals surface area contributed by atoms with Gasteiger partial charge in [-0.15, -0.1) is 0 Å². The average Bonchev–Trinajstić information content (AvgIpc) is 2.31.